The zero-order chi connectivity index (χ0) is 8.83. The van der Waals surface area contributed by atoms with E-state index in [-0.39, 0.29) is 6.61 Å². The van der Waals surface area contributed by atoms with Gasteiger partial charge in [0, 0.05) is 6.54 Å². The largest absolute Gasteiger partial charge is 0.395 e. The zero-order valence-electron chi connectivity index (χ0n) is 6.59. The second-order valence-electron chi connectivity index (χ2n) is 1.01. The Bertz CT molecular complexity index is 21.6. The summed E-state index contributed by atoms with van der Waals surface area (Å²) in [6.07, 6.45) is 0. The number of nitrogens with two attached hydrogens (primary N) is 3. The van der Waals surface area contributed by atoms with Crippen LogP contribution in [0.1, 0.15) is 0 Å². The van der Waals surface area contributed by atoms with Crippen LogP contribution < -0.4 is 28.3 Å². The molecular formula is C4H19N5O. The Morgan fingerprint density at radius 3 is 1.40 bits per heavy atom. The fourth-order valence-electron chi connectivity index (χ4n) is 0. The molecule has 0 aromatic carbocycles. The molecule has 0 aliphatic rings. The van der Waals surface area contributed by atoms with Crippen LogP contribution in [-0.2, 0) is 0 Å². The fraction of sp³-hybridized carbons (Fsp3) is 1.00. The normalized spacial score (nSPS) is 6.60. The van der Waals surface area contributed by atoms with E-state index < -0.39 is 0 Å². The topological polar surface area (TPSA) is 122 Å². The van der Waals surface area contributed by atoms with Crippen molar-refractivity contribution < 1.29 is 5.11 Å². The lowest BCUT2D eigenvalue weighted by Crippen LogP contribution is -2.21. The van der Waals surface area contributed by atoms with E-state index in [1.54, 1.807) is 0 Å². The molecular weight excluding hydrogens is 134 g/mol. The van der Waals surface area contributed by atoms with Gasteiger partial charge in [-0.25, -0.2) is 0 Å². The second kappa shape index (κ2) is 37.3. The molecule has 66 valence electrons. The van der Waals surface area contributed by atoms with Crippen molar-refractivity contribution in [3.8, 4) is 0 Å². The monoisotopic (exact) mass is 153 g/mol. The first-order valence-corrected chi connectivity index (χ1v) is 2.81. The van der Waals surface area contributed by atoms with Crippen molar-refractivity contribution in [2.45, 2.75) is 0 Å². The molecule has 0 spiro atoms. The van der Waals surface area contributed by atoms with Gasteiger partial charge in [-0.05, 0) is 14.1 Å². The molecule has 0 aromatic heterocycles. The Morgan fingerprint density at radius 2 is 1.40 bits per heavy atom. The van der Waals surface area contributed by atoms with Crippen molar-refractivity contribution >= 4 is 0 Å². The highest BCUT2D eigenvalue weighted by atomic mass is 16.3. The molecule has 0 saturated carbocycles. The molecule has 0 aliphatic heterocycles. The third kappa shape index (κ3) is 114. The van der Waals surface area contributed by atoms with Gasteiger partial charge in [-0.2, -0.15) is 0 Å². The molecule has 6 heteroatoms. The number of aliphatic hydroxyl groups is 1. The van der Waals surface area contributed by atoms with Crippen LogP contribution in [0.5, 0.6) is 0 Å². The van der Waals surface area contributed by atoms with Crippen LogP contribution in [0.25, 0.3) is 0 Å². The number of nitrogens with one attached hydrogen (secondary N) is 2. The van der Waals surface area contributed by atoms with Gasteiger partial charge in [0.05, 0.1) is 6.61 Å². The van der Waals surface area contributed by atoms with E-state index in [2.05, 4.69) is 22.5 Å². The maximum absolute atomic E-state index is 7.75. The SMILES string of the molecule is CNNC.NCCO.NN. The van der Waals surface area contributed by atoms with E-state index in [9.17, 15) is 0 Å². The van der Waals surface area contributed by atoms with E-state index in [0.717, 1.165) is 0 Å². The summed E-state index contributed by atoms with van der Waals surface area (Å²) in [5.41, 5.74) is 10.1. The van der Waals surface area contributed by atoms with Crippen LogP contribution >= 0.6 is 0 Å². The molecule has 0 aromatic rings. The summed E-state index contributed by atoms with van der Waals surface area (Å²) in [6.45, 7) is 0.472. The van der Waals surface area contributed by atoms with Gasteiger partial charge >= 0.3 is 0 Å². The molecule has 9 N–H and O–H groups in total. The standard InChI is InChI=1S/C2H8N2.C2H7NO.H4N2/c1-3-4-2;3-1-2-4;1-2/h3-4H,1-2H3;4H,1-3H2;1-2H2. The second-order valence-corrected chi connectivity index (χ2v) is 1.01. The molecule has 10 heavy (non-hydrogen) atoms. The first kappa shape index (κ1) is 16.4. The molecule has 0 heterocycles. The summed E-state index contributed by atoms with van der Waals surface area (Å²) < 4.78 is 0. The summed E-state index contributed by atoms with van der Waals surface area (Å²) in [6, 6.07) is 0. The van der Waals surface area contributed by atoms with E-state index in [0.29, 0.717) is 6.54 Å². The molecule has 0 atom stereocenters. The number of rotatable bonds is 2. The van der Waals surface area contributed by atoms with Gasteiger partial charge in [-0.3, -0.25) is 22.5 Å². The zero-order valence-corrected chi connectivity index (χ0v) is 6.59. The minimum absolute atomic E-state index is 0.0972. The van der Waals surface area contributed by atoms with Gasteiger partial charge in [0.15, 0.2) is 0 Å². The van der Waals surface area contributed by atoms with Gasteiger partial charge in [0.1, 0.15) is 0 Å². The number of hydrogen-bond acceptors (Lipinski definition) is 6. The van der Waals surface area contributed by atoms with E-state index in [1.807, 2.05) is 14.1 Å². The smallest absolute Gasteiger partial charge is 0.0553 e. The molecule has 0 radical (unpaired) electrons. The number of hydrazine groups is 2. The summed E-state index contributed by atoms with van der Waals surface area (Å²) >= 11 is 0. The fourth-order valence-corrected chi connectivity index (χ4v) is 0. The lowest BCUT2D eigenvalue weighted by molar-refractivity contribution is 0.306. The van der Waals surface area contributed by atoms with Crippen LogP contribution in [0.3, 0.4) is 0 Å². The molecule has 0 amide bonds. The summed E-state index contributed by atoms with van der Waals surface area (Å²) in [4.78, 5) is 0. The average molecular weight is 153 g/mol. The highest BCUT2D eigenvalue weighted by Crippen LogP contribution is 1.33. The van der Waals surface area contributed by atoms with E-state index in [1.165, 1.54) is 0 Å². The predicted octanol–water partition coefficient (Wildman–Crippen LogP) is -2.90. The van der Waals surface area contributed by atoms with Crippen molar-refractivity contribution in [2.24, 2.45) is 17.4 Å². The molecule has 0 fully saturated rings. The summed E-state index contributed by atoms with van der Waals surface area (Å²) in [5, 5.41) is 7.75. The quantitative estimate of drug-likeness (QED) is 0.187. The minimum Gasteiger partial charge on any atom is -0.395 e. The van der Waals surface area contributed by atoms with Gasteiger partial charge in [-0.1, -0.05) is 0 Å². The highest BCUT2D eigenvalue weighted by Gasteiger charge is 1.56. The summed E-state index contributed by atoms with van der Waals surface area (Å²) in [5.74, 6) is 8.00. The third-order valence-corrected chi connectivity index (χ3v) is 0.379. The number of aliphatic hydroxyl groups excluding tert-OH is 1. The van der Waals surface area contributed by atoms with E-state index >= 15 is 0 Å². The van der Waals surface area contributed by atoms with Gasteiger partial charge in [0.2, 0.25) is 0 Å². The van der Waals surface area contributed by atoms with Gasteiger partial charge < -0.3 is 10.8 Å². The Hall–Kier alpha value is -0.240. The molecule has 6 nitrogen and oxygen atoms in total. The first-order valence-electron chi connectivity index (χ1n) is 2.81. The molecule has 0 aliphatic carbocycles. The Labute approximate surface area is 61.7 Å². The Kier molecular flexibility index (Phi) is 61.2. The maximum atomic E-state index is 7.75. The lowest BCUT2D eigenvalue weighted by atomic mass is 10.8. The van der Waals surface area contributed by atoms with Gasteiger partial charge in [-0.15, -0.1) is 0 Å². The maximum Gasteiger partial charge on any atom is 0.0553 e. The van der Waals surface area contributed by atoms with Crippen LogP contribution in [0, 0.1) is 0 Å². The Morgan fingerprint density at radius 1 is 1.20 bits per heavy atom. The first-order chi connectivity index (χ1) is 4.83. The number of hydrogen-bond donors (Lipinski definition) is 6. The molecule has 0 unspecified atom stereocenters. The summed E-state index contributed by atoms with van der Waals surface area (Å²) in [7, 11) is 3.64. The van der Waals surface area contributed by atoms with Crippen LogP contribution in [0.15, 0.2) is 0 Å². The lowest BCUT2D eigenvalue weighted by Gasteiger charge is -1.81. The molecule has 0 saturated heterocycles. The van der Waals surface area contributed by atoms with Crippen LogP contribution in [-0.4, -0.2) is 32.4 Å². The Balaban J connectivity index is -0.0000000787. The van der Waals surface area contributed by atoms with Crippen LogP contribution in [0.2, 0.25) is 0 Å². The van der Waals surface area contributed by atoms with Crippen molar-refractivity contribution in [1.82, 2.24) is 10.9 Å². The molecule has 0 bridgehead atoms. The van der Waals surface area contributed by atoms with Crippen molar-refractivity contribution in [3.63, 3.8) is 0 Å². The third-order valence-electron chi connectivity index (χ3n) is 0.379. The van der Waals surface area contributed by atoms with Crippen LogP contribution in [0.4, 0.5) is 0 Å². The van der Waals surface area contributed by atoms with Gasteiger partial charge in [0.25, 0.3) is 0 Å². The van der Waals surface area contributed by atoms with E-state index in [4.69, 9.17) is 10.8 Å². The highest BCUT2D eigenvalue weighted by molar-refractivity contribution is 4.17. The predicted molar refractivity (Wildman–Crippen MR) is 42.6 cm³/mol. The molecule has 0 rings (SSSR count). The van der Waals surface area contributed by atoms with Crippen molar-refractivity contribution in [2.75, 3.05) is 27.2 Å². The average Bonchev–Trinajstić information content (AvgIpc) is 2.08. The van der Waals surface area contributed by atoms with Crippen molar-refractivity contribution in [3.05, 3.63) is 0 Å². The minimum atomic E-state index is 0.0972. The van der Waals surface area contributed by atoms with Crippen molar-refractivity contribution in [1.29, 1.82) is 0 Å².